The van der Waals surface area contributed by atoms with Crippen molar-refractivity contribution >= 4 is 11.6 Å². The number of aliphatic hydroxyl groups excluding tert-OH is 1. The van der Waals surface area contributed by atoms with Crippen molar-refractivity contribution in [3.8, 4) is 0 Å². The van der Waals surface area contributed by atoms with Gasteiger partial charge in [-0.3, -0.25) is 4.79 Å². The molecule has 5 heteroatoms. The van der Waals surface area contributed by atoms with Gasteiger partial charge in [0.05, 0.1) is 12.6 Å². The molecule has 1 aliphatic rings. The summed E-state index contributed by atoms with van der Waals surface area (Å²) in [6.45, 7) is 0.139. The number of fused-ring (bicyclic) bond motifs is 1. The number of anilines is 1. The number of amides is 1. The second-order valence-electron chi connectivity index (χ2n) is 5.99. The molecular formula is C19H21FN2O2. The molecule has 1 amide bonds. The minimum Gasteiger partial charge on any atom is -0.395 e. The monoisotopic (exact) mass is 328 g/mol. The van der Waals surface area contributed by atoms with E-state index in [1.807, 2.05) is 18.2 Å². The lowest BCUT2D eigenvalue weighted by molar-refractivity contribution is 0.0945. The average molecular weight is 328 g/mol. The van der Waals surface area contributed by atoms with Gasteiger partial charge in [0.15, 0.2) is 0 Å². The molecule has 3 N–H and O–H groups in total. The highest BCUT2D eigenvalue weighted by atomic mass is 19.1. The zero-order chi connectivity index (χ0) is 16.9. The maximum absolute atomic E-state index is 13.6. The Morgan fingerprint density at radius 3 is 2.96 bits per heavy atom. The van der Waals surface area contributed by atoms with Crippen molar-refractivity contribution in [2.24, 2.45) is 0 Å². The first-order chi connectivity index (χ1) is 11.7. The Morgan fingerprint density at radius 1 is 1.25 bits per heavy atom. The molecule has 0 fully saturated rings. The summed E-state index contributed by atoms with van der Waals surface area (Å²) >= 11 is 0. The standard InChI is InChI=1S/C19H21FN2O2/c20-15-8-7-13-3-2-6-18(17(13)12-15)22-16-5-1-4-14(11-16)19(24)21-9-10-23/h1,4-5,7-8,11-12,18,22-23H,2-3,6,9-10H2,(H,21,24). The van der Waals surface area contributed by atoms with Gasteiger partial charge in [0.1, 0.15) is 5.82 Å². The zero-order valence-corrected chi connectivity index (χ0v) is 13.4. The fourth-order valence-corrected chi connectivity index (χ4v) is 3.14. The summed E-state index contributed by atoms with van der Waals surface area (Å²) in [5, 5.41) is 14.8. The van der Waals surface area contributed by atoms with Crippen LogP contribution < -0.4 is 10.6 Å². The highest BCUT2D eigenvalue weighted by Gasteiger charge is 2.20. The number of aliphatic hydroxyl groups is 1. The minimum atomic E-state index is -0.223. The van der Waals surface area contributed by atoms with Crippen LogP contribution in [0.25, 0.3) is 0 Å². The molecule has 2 aromatic carbocycles. The van der Waals surface area contributed by atoms with Crippen LogP contribution in [0.15, 0.2) is 42.5 Å². The summed E-state index contributed by atoms with van der Waals surface area (Å²) in [7, 11) is 0. The van der Waals surface area contributed by atoms with Crippen LogP contribution in [0.4, 0.5) is 10.1 Å². The quantitative estimate of drug-likeness (QED) is 0.790. The topological polar surface area (TPSA) is 61.4 Å². The molecular weight excluding hydrogens is 307 g/mol. The number of carbonyl (C=O) groups is 1. The highest BCUT2D eigenvalue weighted by molar-refractivity contribution is 5.95. The summed E-state index contributed by atoms with van der Waals surface area (Å²) in [6, 6.07) is 12.2. The molecule has 3 rings (SSSR count). The van der Waals surface area contributed by atoms with E-state index in [1.54, 1.807) is 18.2 Å². The first-order valence-electron chi connectivity index (χ1n) is 8.21. The molecule has 1 atom stereocenters. The van der Waals surface area contributed by atoms with E-state index in [1.165, 1.54) is 11.6 Å². The fraction of sp³-hybridized carbons (Fsp3) is 0.316. The van der Waals surface area contributed by atoms with Crippen LogP contribution in [0.2, 0.25) is 0 Å². The van der Waals surface area contributed by atoms with Crippen LogP contribution in [0, 0.1) is 5.82 Å². The van der Waals surface area contributed by atoms with Crippen molar-refractivity contribution in [2.75, 3.05) is 18.5 Å². The van der Waals surface area contributed by atoms with Crippen molar-refractivity contribution < 1.29 is 14.3 Å². The summed E-state index contributed by atoms with van der Waals surface area (Å²) < 4.78 is 13.6. The third-order valence-electron chi connectivity index (χ3n) is 4.29. The Labute approximate surface area is 140 Å². The Bertz CT molecular complexity index is 733. The number of benzene rings is 2. The van der Waals surface area contributed by atoms with Crippen molar-refractivity contribution in [1.29, 1.82) is 0 Å². The third kappa shape index (κ3) is 3.74. The maximum Gasteiger partial charge on any atom is 0.251 e. The molecule has 0 saturated heterocycles. The van der Waals surface area contributed by atoms with Gasteiger partial charge in [0, 0.05) is 17.8 Å². The van der Waals surface area contributed by atoms with Crippen LogP contribution in [0.3, 0.4) is 0 Å². The predicted molar refractivity (Wildman–Crippen MR) is 91.6 cm³/mol. The van der Waals surface area contributed by atoms with Crippen LogP contribution in [0.1, 0.15) is 40.4 Å². The van der Waals surface area contributed by atoms with Crippen molar-refractivity contribution in [2.45, 2.75) is 25.3 Å². The number of carbonyl (C=O) groups excluding carboxylic acids is 1. The van der Waals surface area contributed by atoms with Gasteiger partial charge in [-0.15, -0.1) is 0 Å². The van der Waals surface area contributed by atoms with E-state index >= 15 is 0 Å². The van der Waals surface area contributed by atoms with E-state index in [0.29, 0.717) is 5.56 Å². The second-order valence-corrected chi connectivity index (χ2v) is 5.99. The molecule has 1 unspecified atom stereocenters. The van der Waals surface area contributed by atoms with Gasteiger partial charge in [-0.05, 0) is 60.7 Å². The Morgan fingerprint density at radius 2 is 2.12 bits per heavy atom. The van der Waals surface area contributed by atoms with Gasteiger partial charge in [-0.2, -0.15) is 0 Å². The average Bonchev–Trinajstić information content (AvgIpc) is 2.60. The molecule has 1 aliphatic carbocycles. The lowest BCUT2D eigenvalue weighted by atomic mass is 9.87. The molecule has 126 valence electrons. The van der Waals surface area contributed by atoms with E-state index in [4.69, 9.17) is 5.11 Å². The molecule has 0 radical (unpaired) electrons. The number of hydrogen-bond donors (Lipinski definition) is 3. The van der Waals surface area contributed by atoms with Crippen LogP contribution in [-0.2, 0) is 6.42 Å². The Kier molecular flexibility index (Phi) is 5.11. The van der Waals surface area contributed by atoms with Crippen LogP contribution in [-0.4, -0.2) is 24.2 Å². The largest absolute Gasteiger partial charge is 0.395 e. The van der Waals surface area contributed by atoms with Crippen molar-refractivity contribution in [3.63, 3.8) is 0 Å². The van der Waals surface area contributed by atoms with Crippen LogP contribution >= 0.6 is 0 Å². The van der Waals surface area contributed by atoms with Gasteiger partial charge < -0.3 is 15.7 Å². The zero-order valence-electron chi connectivity index (χ0n) is 13.4. The molecule has 0 bridgehead atoms. The fourth-order valence-electron chi connectivity index (χ4n) is 3.14. The van der Waals surface area contributed by atoms with E-state index in [9.17, 15) is 9.18 Å². The smallest absolute Gasteiger partial charge is 0.251 e. The normalized spacial score (nSPS) is 16.3. The van der Waals surface area contributed by atoms with E-state index in [0.717, 1.165) is 30.5 Å². The van der Waals surface area contributed by atoms with E-state index < -0.39 is 0 Å². The molecule has 24 heavy (non-hydrogen) atoms. The molecule has 2 aromatic rings. The van der Waals surface area contributed by atoms with Crippen molar-refractivity contribution in [3.05, 3.63) is 65.0 Å². The predicted octanol–water partition coefficient (Wildman–Crippen LogP) is 3.04. The van der Waals surface area contributed by atoms with Gasteiger partial charge >= 0.3 is 0 Å². The lowest BCUT2D eigenvalue weighted by Gasteiger charge is -2.27. The summed E-state index contributed by atoms with van der Waals surface area (Å²) in [6.07, 6.45) is 2.95. The molecule has 4 nitrogen and oxygen atoms in total. The second kappa shape index (κ2) is 7.45. The number of hydrogen-bond acceptors (Lipinski definition) is 3. The third-order valence-corrected chi connectivity index (χ3v) is 4.29. The van der Waals surface area contributed by atoms with Gasteiger partial charge in [-0.25, -0.2) is 4.39 Å². The van der Waals surface area contributed by atoms with Gasteiger partial charge in [0.25, 0.3) is 5.91 Å². The lowest BCUT2D eigenvalue weighted by Crippen LogP contribution is -2.26. The first kappa shape index (κ1) is 16.5. The Hall–Kier alpha value is -2.40. The number of halogens is 1. The number of rotatable bonds is 5. The molecule has 0 saturated carbocycles. The van der Waals surface area contributed by atoms with Gasteiger partial charge in [0.2, 0.25) is 0 Å². The Balaban J connectivity index is 1.78. The highest BCUT2D eigenvalue weighted by Crippen LogP contribution is 2.33. The summed E-state index contributed by atoms with van der Waals surface area (Å²) in [5.74, 6) is -0.442. The minimum absolute atomic E-state index is 0.0419. The van der Waals surface area contributed by atoms with Gasteiger partial charge in [-0.1, -0.05) is 12.1 Å². The number of aryl methyl sites for hydroxylation is 1. The molecule has 0 aliphatic heterocycles. The molecule has 0 heterocycles. The van der Waals surface area contributed by atoms with E-state index in [-0.39, 0.29) is 30.9 Å². The molecule has 0 aromatic heterocycles. The maximum atomic E-state index is 13.6. The van der Waals surface area contributed by atoms with Crippen LogP contribution in [0.5, 0.6) is 0 Å². The number of nitrogens with one attached hydrogen (secondary N) is 2. The molecule has 0 spiro atoms. The summed E-state index contributed by atoms with van der Waals surface area (Å²) in [5.41, 5.74) is 3.53. The SMILES string of the molecule is O=C(NCCO)c1cccc(NC2CCCc3ccc(F)cc32)c1. The summed E-state index contributed by atoms with van der Waals surface area (Å²) in [4.78, 5) is 12.0. The van der Waals surface area contributed by atoms with Crippen molar-refractivity contribution in [1.82, 2.24) is 5.32 Å². The van der Waals surface area contributed by atoms with E-state index in [2.05, 4.69) is 10.6 Å². The first-order valence-corrected chi connectivity index (χ1v) is 8.21.